The fraction of sp³-hybridized carbons (Fsp3) is 0.727. The SMILES string of the molecule is C=CCC1CC[C@H]2CC(=O)OC12CI. The fourth-order valence-corrected chi connectivity index (χ4v) is 4.29. The second-order valence-corrected chi connectivity index (χ2v) is 5.03. The molecule has 2 unspecified atom stereocenters. The molecule has 2 aliphatic rings. The molecule has 0 aromatic carbocycles. The van der Waals surface area contributed by atoms with Gasteiger partial charge in [-0.25, -0.2) is 0 Å². The van der Waals surface area contributed by atoms with Crippen LogP contribution >= 0.6 is 22.6 Å². The van der Waals surface area contributed by atoms with Gasteiger partial charge in [-0.1, -0.05) is 28.7 Å². The molecule has 2 fully saturated rings. The molecule has 0 bridgehead atoms. The topological polar surface area (TPSA) is 26.3 Å². The highest BCUT2D eigenvalue weighted by atomic mass is 127. The summed E-state index contributed by atoms with van der Waals surface area (Å²) in [4.78, 5) is 11.3. The monoisotopic (exact) mass is 306 g/mol. The summed E-state index contributed by atoms with van der Waals surface area (Å²) < 4.78 is 6.52. The third kappa shape index (κ3) is 1.40. The minimum atomic E-state index is -0.147. The van der Waals surface area contributed by atoms with Crippen LogP contribution in [0.25, 0.3) is 0 Å². The standard InChI is InChI=1S/C11H15IO2/c1-2-3-8-4-5-9-6-10(13)14-11(8,9)7-12/h2,8-9H,1,3-7H2/t8?,9-,11?/m0/s1. The third-order valence-electron chi connectivity index (χ3n) is 3.62. The summed E-state index contributed by atoms with van der Waals surface area (Å²) in [5.74, 6) is 0.977. The van der Waals surface area contributed by atoms with Gasteiger partial charge in [-0.05, 0) is 19.3 Å². The van der Waals surface area contributed by atoms with Gasteiger partial charge in [0.05, 0.1) is 6.42 Å². The Hall–Kier alpha value is -0.0600. The number of halogens is 1. The Bertz CT molecular complexity index is 264. The number of hydrogen-bond donors (Lipinski definition) is 0. The van der Waals surface area contributed by atoms with Crippen LogP contribution in [0.1, 0.15) is 25.7 Å². The Morgan fingerprint density at radius 2 is 2.43 bits per heavy atom. The molecule has 0 N–H and O–H groups in total. The van der Waals surface area contributed by atoms with Gasteiger partial charge in [0.1, 0.15) is 5.60 Å². The van der Waals surface area contributed by atoms with Crippen LogP contribution in [0.5, 0.6) is 0 Å². The van der Waals surface area contributed by atoms with E-state index in [2.05, 4.69) is 29.2 Å². The lowest BCUT2D eigenvalue weighted by Crippen LogP contribution is -2.40. The largest absolute Gasteiger partial charge is 0.458 e. The first-order valence-electron chi connectivity index (χ1n) is 5.11. The molecule has 0 aromatic rings. The van der Waals surface area contributed by atoms with E-state index in [0.717, 1.165) is 17.3 Å². The molecule has 1 aliphatic carbocycles. The summed E-state index contributed by atoms with van der Waals surface area (Å²) >= 11 is 2.35. The van der Waals surface area contributed by atoms with Crippen LogP contribution < -0.4 is 0 Å². The van der Waals surface area contributed by atoms with Crippen molar-refractivity contribution in [2.75, 3.05) is 4.43 Å². The number of allylic oxidation sites excluding steroid dienone is 1. The predicted molar refractivity (Wildman–Crippen MR) is 63.4 cm³/mol. The molecule has 2 rings (SSSR count). The molecule has 1 saturated carbocycles. The normalized spacial score (nSPS) is 40.8. The van der Waals surface area contributed by atoms with Crippen LogP contribution in [0.3, 0.4) is 0 Å². The number of ether oxygens (including phenoxy) is 1. The van der Waals surface area contributed by atoms with Crippen molar-refractivity contribution in [3.8, 4) is 0 Å². The maximum Gasteiger partial charge on any atom is 0.306 e. The van der Waals surface area contributed by atoms with Crippen molar-refractivity contribution in [2.24, 2.45) is 11.8 Å². The molecule has 1 saturated heterocycles. The number of esters is 1. The van der Waals surface area contributed by atoms with Gasteiger partial charge in [-0.2, -0.15) is 0 Å². The van der Waals surface area contributed by atoms with Crippen LogP contribution in [0.4, 0.5) is 0 Å². The molecule has 3 heteroatoms. The number of fused-ring (bicyclic) bond motifs is 1. The van der Waals surface area contributed by atoms with E-state index >= 15 is 0 Å². The predicted octanol–water partition coefficient (Wildman–Crippen LogP) is 2.71. The second-order valence-electron chi connectivity index (χ2n) is 4.26. The smallest absolute Gasteiger partial charge is 0.306 e. The van der Waals surface area contributed by atoms with Gasteiger partial charge >= 0.3 is 5.97 Å². The van der Waals surface area contributed by atoms with Gasteiger partial charge in [0.25, 0.3) is 0 Å². The maximum atomic E-state index is 11.3. The molecule has 0 spiro atoms. The molecule has 1 aliphatic heterocycles. The van der Waals surface area contributed by atoms with Gasteiger partial charge in [-0.3, -0.25) is 4.79 Å². The van der Waals surface area contributed by atoms with Crippen LogP contribution in [-0.2, 0) is 9.53 Å². The van der Waals surface area contributed by atoms with Crippen molar-refractivity contribution in [3.63, 3.8) is 0 Å². The summed E-state index contributed by atoms with van der Waals surface area (Å²) in [5.41, 5.74) is -0.147. The average Bonchev–Trinajstić information content (AvgIpc) is 2.63. The van der Waals surface area contributed by atoms with Crippen LogP contribution in [-0.4, -0.2) is 16.0 Å². The summed E-state index contributed by atoms with van der Waals surface area (Å²) in [7, 11) is 0. The van der Waals surface area contributed by atoms with Crippen molar-refractivity contribution in [2.45, 2.75) is 31.3 Å². The molecule has 3 atom stereocenters. The van der Waals surface area contributed by atoms with E-state index in [9.17, 15) is 4.79 Å². The van der Waals surface area contributed by atoms with E-state index in [1.54, 1.807) is 0 Å². The first-order valence-corrected chi connectivity index (χ1v) is 6.64. The Morgan fingerprint density at radius 1 is 1.64 bits per heavy atom. The number of rotatable bonds is 3. The van der Waals surface area contributed by atoms with Gasteiger partial charge in [-0.15, -0.1) is 6.58 Å². The molecule has 1 heterocycles. The van der Waals surface area contributed by atoms with E-state index in [0.29, 0.717) is 18.3 Å². The molecular weight excluding hydrogens is 291 g/mol. The molecule has 78 valence electrons. The molecule has 0 radical (unpaired) electrons. The quantitative estimate of drug-likeness (QED) is 0.347. The zero-order chi connectivity index (χ0) is 10.2. The summed E-state index contributed by atoms with van der Waals surface area (Å²) in [6, 6.07) is 0. The number of alkyl halides is 1. The molecule has 0 amide bonds. The Kier molecular flexibility index (Phi) is 2.86. The third-order valence-corrected chi connectivity index (χ3v) is 4.81. The highest BCUT2D eigenvalue weighted by Gasteiger charge is 2.56. The van der Waals surface area contributed by atoms with E-state index in [4.69, 9.17) is 4.74 Å². The van der Waals surface area contributed by atoms with Crippen molar-refractivity contribution < 1.29 is 9.53 Å². The lowest BCUT2D eigenvalue weighted by Gasteiger charge is -2.31. The Labute approximate surface area is 98.2 Å². The average molecular weight is 306 g/mol. The summed E-state index contributed by atoms with van der Waals surface area (Å²) in [6.07, 6.45) is 5.90. The van der Waals surface area contributed by atoms with Crippen molar-refractivity contribution in [1.82, 2.24) is 0 Å². The molecule has 2 nitrogen and oxygen atoms in total. The van der Waals surface area contributed by atoms with Gasteiger partial charge in [0, 0.05) is 16.3 Å². The summed E-state index contributed by atoms with van der Waals surface area (Å²) in [5, 5.41) is 0. The second kappa shape index (κ2) is 3.83. The highest BCUT2D eigenvalue weighted by Crippen LogP contribution is 2.51. The van der Waals surface area contributed by atoms with Gasteiger partial charge in [0.2, 0.25) is 0 Å². The van der Waals surface area contributed by atoms with Gasteiger partial charge in [0.15, 0.2) is 0 Å². The first-order chi connectivity index (χ1) is 6.73. The van der Waals surface area contributed by atoms with Crippen LogP contribution in [0, 0.1) is 11.8 Å². The van der Waals surface area contributed by atoms with E-state index in [1.807, 2.05) is 6.08 Å². The van der Waals surface area contributed by atoms with E-state index < -0.39 is 0 Å². The fourth-order valence-electron chi connectivity index (χ4n) is 2.88. The van der Waals surface area contributed by atoms with Crippen LogP contribution in [0.15, 0.2) is 12.7 Å². The zero-order valence-electron chi connectivity index (χ0n) is 8.17. The van der Waals surface area contributed by atoms with E-state index in [-0.39, 0.29) is 11.6 Å². The van der Waals surface area contributed by atoms with E-state index in [1.165, 1.54) is 6.42 Å². The molecule has 14 heavy (non-hydrogen) atoms. The van der Waals surface area contributed by atoms with Crippen LogP contribution in [0.2, 0.25) is 0 Å². The Balaban J connectivity index is 2.22. The van der Waals surface area contributed by atoms with Gasteiger partial charge < -0.3 is 4.74 Å². The zero-order valence-corrected chi connectivity index (χ0v) is 10.3. The minimum absolute atomic E-state index is 0.000397. The number of hydrogen-bond acceptors (Lipinski definition) is 2. The summed E-state index contributed by atoms with van der Waals surface area (Å²) in [6.45, 7) is 3.78. The number of carbonyl (C=O) groups excluding carboxylic acids is 1. The lowest BCUT2D eigenvalue weighted by atomic mass is 9.84. The van der Waals surface area contributed by atoms with Crippen molar-refractivity contribution in [1.29, 1.82) is 0 Å². The number of carbonyl (C=O) groups is 1. The highest BCUT2D eigenvalue weighted by molar-refractivity contribution is 14.1. The molecular formula is C11H15IO2. The van der Waals surface area contributed by atoms with Crippen molar-refractivity contribution in [3.05, 3.63) is 12.7 Å². The van der Waals surface area contributed by atoms with Crippen molar-refractivity contribution >= 4 is 28.6 Å². The molecule has 0 aromatic heterocycles. The first kappa shape index (κ1) is 10.5. The minimum Gasteiger partial charge on any atom is -0.458 e. The maximum absolute atomic E-state index is 11.3. The lowest BCUT2D eigenvalue weighted by molar-refractivity contribution is -0.150. The Morgan fingerprint density at radius 3 is 3.07 bits per heavy atom.